The van der Waals surface area contributed by atoms with E-state index in [0.717, 1.165) is 11.3 Å². The predicted molar refractivity (Wildman–Crippen MR) is 114 cm³/mol. The van der Waals surface area contributed by atoms with Gasteiger partial charge in [0.15, 0.2) is 0 Å². The van der Waals surface area contributed by atoms with Gasteiger partial charge in [0.05, 0.1) is 29.6 Å². The Hall–Kier alpha value is -3.69. The molecule has 8 nitrogen and oxygen atoms in total. The first-order chi connectivity index (χ1) is 15.0. The second kappa shape index (κ2) is 8.99. The van der Waals surface area contributed by atoms with Crippen LogP contribution in [0, 0.1) is 0 Å². The lowest BCUT2D eigenvalue weighted by Crippen LogP contribution is -2.25. The van der Waals surface area contributed by atoms with Crippen molar-refractivity contribution in [3.63, 3.8) is 0 Å². The number of furan rings is 1. The van der Waals surface area contributed by atoms with Crippen LogP contribution in [0.4, 0.5) is 0 Å². The van der Waals surface area contributed by atoms with Crippen molar-refractivity contribution >= 4 is 15.9 Å². The molecule has 0 saturated carbocycles. The lowest BCUT2D eigenvalue weighted by Gasteiger charge is -2.08. The van der Waals surface area contributed by atoms with Gasteiger partial charge in [-0.1, -0.05) is 24.3 Å². The van der Waals surface area contributed by atoms with Gasteiger partial charge in [-0.05, 0) is 42.5 Å². The standard InChI is InChI=1S/C22H20N4O4S/c27-22(23-13-17-14-24-26(16-17)19-7-2-1-3-8-19)18-6-4-10-21(12-18)31(28,29)25-15-20-9-5-11-30-20/h1-12,14,16,25H,13,15H2,(H,23,27). The fourth-order valence-corrected chi connectivity index (χ4v) is 3.96. The number of carbonyl (C=O) groups excluding carboxylic acids is 1. The Morgan fingerprint density at radius 3 is 2.61 bits per heavy atom. The quantitative estimate of drug-likeness (QED) is 0.442. The van der Waals surface area contributed by atoms with Crippen LogP contribution in [-0.4, -0.2) is 24.1 Å². The third-order valence-electron chi connectivity index (χ3n) is 4.53. The number of sulfonamides is 1. The van der Waals surface area contributed by atoms with Crippen LogP contribution in [0.25, 0.3) is 5.69 Å². The highest BCUT2D eigenvalue weighted by Gasteiger charge is 2.17. The van der Waals surface area contributed by atoms with Crippen molar-refractivity contribution in [1.29, 1.82) is 0 Å². The molecule has 4 aromatic rings. The number of para-hydroxylation sites is 1. The van der Waals surface area contributed by atoms with Gasteiger partial charge in [-0.25, -0.2) is 17.8 Å². The monoisotopic (exact) mass is 436 g/mol. The zero-order valence-corrected chi connectivity index (χ0v) is 17.2. The summed E-state index contributed by atoms with van der Waals surface area (Å²) in [7, 11) is -3.79. The Bertz CT molecular complexity index is 1270. The number of nitrogens with one attached hydrogen (secondary N) is 2. The average molecular weight is 436 g/mol. The fourth-order valence-electron chi connectivity index (χ4n) is 2.92. The van der Waals surface area contributed by atoms with Crippen molar-refractivity contribution < 1.29 is 17.6 Å². The number of nitrogens with zero attached hydrogens (tertiary/aromatic N) is 2. The maximum absolute atomic E-state index is 12.6. The number of benzene rings is 2. The molecule has 0 spiro atoms. The largest absolute Gasteiger partial charge is 0.468 e. The van der Waals surface area contributed by atoms with Crippen molar-refractivity contribution in [2.75, 3.05) is 0 Å². The minimum Gasteiger partial charge on any atom is -0.468 e. The molecule has 1 amide bonds. The van der Waals surface area contributed by atoms with Crippen molar-refractivity contribution in [2.24, 2.45) is 0 Å². The second-order valence-corrected chi connectivity index (χ2v) is 8.51. The first-order valence-corrected chi connectivity index (χ1v) is 11.0. The number of carbonyl (C=O) groups is 1. The molecule has 0 atom stereocenters. The first-order valence-electron chi connectivity index (χ1n) is 9.50. The lowest BCUT2D eigenvalue weighted by molar-refractivity contribution is 0.0950. The third-order valence-corrected chi connectivity index (χ3v) is 5.93. The van der Waals surface area contributed by atoms with E-state index in [1.54, 1.807) is 29.1 Å². The van der Waals surface area contributed by atoms with E-state index in [-0.39, 0.29) is 29.5 Å². The van der Waals surface area contributed by atoms with Gasteiger partial charge in [0.25, 0.3) is 5.91 Å². The predicted octanol–water partition coefficient (Wildman–Crippen LogP) is 2.87. The molecule has 0 bridgehead atoms. The van der Waals surface area contributed by atoms with Gasteiger partial charge in [0.2, 0.25) is 10.0 Å². The van der Waals surface area contributed by atoms with Crippen LogP contribution >= 0.6 is 0 Å². The Kier molecular flexibility index (Phi) is 5.96. The molecule has 2 N–H and O–H groups in total. The minimum absolute atomic E-state index is 0.00334. The summed E-state index contributed by atoms with van der Waals surface area (Å²) < 4.78 is 34.4. The highest BCUT2D eigenvalue weighted by atomic mass is 32.2. The Labute approximate surface area is 179 Å². The topological polar surface area (TPSA) is 106 Å². The first kappa shape index (κ1) is 20.6. The van der Waals surface area contributed by atoms with E-state index in [2.05, 4.69) is 15.1 Å². The van der Waals surface area contributed by atoms with Gasteiger partial charge >= 0.3 is 0 Å². The molecule has 0 aliphatic carbocycles. The van der Waals surface area contributed by atoms with Crippen LogP contribution in [0.15, 0.2) is 94.7 Å². The Morgan fingerprint density at radius 1 is 1.00 bits per heavy atom. The van der Waals surface area contributed by atoms with E-state index in [4.69, 9.17) is 4.42 Å². The molecular formula is C22H20N4O4S. The Balaban J connectivity index is 1.39. The van der Waals surface area contributed by atoms with Crippen LogP contribution in [-0.2, 0) is 23.1 Å². The number of rotatable bonds is 8. The molecule has 2 aromatic heterocycles. The molecule has 9 heteroatoms. The SMILES string of the molecule is O=C(NCc1cnn(-c2ccccc2)c1)c1cccc(S(=O)(=O)NCc2ccco2)c1. The molecular weight excluding hydrogens is 416 g/mol. The summed E-state index contributed by atoms with van der Waals surface area (Å²) in [5.41, 5.74) is 1.98. The molecule has 0 aliphatic rings. The molecule has 0 radical (unpaired) electrons. The van der Waals surface area contributed by atoms with Crippen molar-refractivity contribution in [2.45, 2.75) is 18.0 Å². The van der Waals surface area contributed by atoms with Gasteiger partial charge in [0.1, 0.15) is 5.76 Å². The summed E-state index contributed by atoms with van der Waals surface area (Å²) in [6, 6.07) is 18.9. The molecule has 0 aliphatic heterocycles. The lowest BCUT2D eigenvalue weighted by atomic mass is 10.2. The molecule has 158 valence electrons. The van der Waals surface area contributed by atoms with E-state index in [0.29, 0.717) is 5.76 Å². The molecule has 0 unspecified atom stereocenters. The van der Waals surface area contributed by atoms with Gasteiger partial charge < -0.3 is 9.73 Å². The number of hydrogen-bond donors (Lipinski definition) is 2. The zero-order chi connectivity index (χ0) is 21.7. The van der Waals surface area contributed by atoms with E-state index < -0.39 is 10.0 Å². The normalized spacial score (nSPS) is 11.4. The van der Waals surface area contributed by atoms with Crippen LogP contribution in [0.1, 0.15) is 21.7 Å². The molecule has 0 fully saturated rings. The van der Waals surface area contributed by atoms with E-state index in [1.165, 1.54) is 24.5 Å². The molecule has 31 heavy (non-hydrogen) atoms. The fraction of sp³-hybridized carbons (Fsp3) is 0.0909. The van der Waals surface area contributed by atoms with Gasteiger partial charge in [-0.2, -0.15) is 5.10 Å². The van der Waals surface area contributed by atoms with E-state index in [1.807, 2.05) is 36.5 Å². The molecule has 4 rings (SSSR count). The van der Waals surface area contributed by atoms with Gasteiger partial charge in [-0.3, -0.25) is 4.79 Å². The van der Waals surface area contributed by atoms with Crippen molar-refractivity contribution in [3.05, 3.63) is 102 Å². The number of hydrogen-bond acceptors (Lipinski definition) is 5. The Morgan fingerprint density at radius 2 is 1.84 bits per heavy atom. The van der Waals surface area contributed by atoms with Crippen molar-refractivity contribution in [3.8, 4) is 5.69 Å². The summed E-state index contributed by atoms with van der Waals surface area (Å²) >= 11 is 0. The summed E-state index contributed by atoms with van der Waals surface area (Å²) in [4.78, 5) is 12.6. The maximum atomic E-state index is 12.6. The zero-order valence-electron chi connectivity index (χ0n) is 16.4. The summed E-state index contributed by atoms with van der Waals surface area (Å²) in [5, 5.41) is 7.09. The molecule has 2 aromatic carbocycles. The second-order valence-electron chi connectivity index (χ2n) is 6.74. The summed E-state index contributed by atoms with van der Waals surface area (Å²) in [5.74, 6) is 0.115. The average Bonchev–Trinajstić information content (AvgIpc) is 3.49. The molecule has 0 saturated heterocycles. The summed E-state index contributed by atoms with van der Waals surface area (Å²) in [6.07, 6.45) is 4.97. The summed E-state index contributed by atoms with van der Waals surface area (Å²) in [6.45, 7) is 0.288. The minimum atomic E-state index is -3.79. The third kappa shape index (κ3) is 5.08. The highest BCUT2D eigenvalue weighted by molar-refractivity contribution is 7.89. The van der Waals surface area contributed by atoms with Crippen LogP contribution in [0.5, 0.6) is 0 Å². The number of aromatic nitrogens is 2. The number of amides is 1. The van der Waals surface area contributed by atoms with Crippen molar-refractivity contribution in [1.82, 2.24) is 19.8 Å². The maximum Gasteiger partial charge on any atom is 0.251 e. The van der Waals surface area contributed by atoms with Crippen LogP contribution in [0.3, 0.4) is 0 Å². The van der Waals surface area contributed by atoms with Crippen LogP contribution < -0.4 is 10.0 Å². The van der Waals surface area contributed by atoms with Crippen LogP contribution in [0.2, 0.25) is 0 Å². The molecule has 2 heterocycles. The van der Waals surface area contributed by atoms with Gasteiger partial charge in [-0.15, -0.1) is 0 Å². The van der Waals surface area contributed by atoms with E-state index in [9.17, 15) is 13.2 Å². The van der Waals surface area contributed by atoms with E-state index >= 15 is 0 Å². The van der Waals surface area contributed by atoms with Gasteiger partial charge in [0, 0.05) is 23.9 Å². The highest BCUT2D eigenvalue weighted by Crippen LogP contribution is 2.13. The smallest absolute Gasteiger partial charge is 0.251 e.